The lowest BCUT2D eigenvalue weighted by molar-refractivity contribution is -0.127. The van der Waals surface area contributed by atoms with Gasteiger partial charge in [0, 0.05) is 24.5 Å². The summed E-state index contributed by atoms with van der Waals surface area (Å²) in [7, 11) is 1.79. The Bertz CT molecular complexity index is 746. The molecule has 0 atom stereocenters. The largest absolute Gasteiger partial charge is 0.492 e. The Kier molecular flexibility index (Phi) is 6.43. The fourth-order valence-corrected chi connectivity index (χ4v) is 3.62. The van der Waals surface area contributed by atoms with Crippen molar-refractivity contribution in [1.29, 1.82) is 0 Å². The number of aromatic nitrogens is 3. The van der Waals surface area contributed by atoms with E-state index in [2.05, 4.69) is 21.7 Å². The van der Waals surface area contributed by atoms with Gasteiger partial charge in [-0.05, 0) is 44.0 Å². The van der Waals surface area contributed by atoms with Crippen molar-refractivity contribution in [2.24, 2.45) is 0 Å². The Balaban J connectivity index is 1.43. The Morgan fingerprint density at radius 3 is 2.73 bits per heavy atom. The molecule has 6 nitrogen and oxygen atoms in total. The molecule has 0 N–H and O–H groups in total. The van der Waals surface area contributed by atoms with Crippen LogP contribution in [0.15, 0.2) is 29.4 Å². The second kappa shape index (κ2) is 8.77. The van der Waals surface area contributed by atoms with Crippen LogP contribution in [0.5, 0.6) is 5.75 Å². The predicted octanol–water partition coefficient (Wildman–Crippen LogP) is 3.46. The fourth-order valence-electron chi connectivity index (χ4n) is 2.54. The minimum absolute atomic E-state index is 0.0494. The molecule has 0 spiro atoms. The molecular weight excluding hydrogens is 372 g/mol. The predicted molar refractivity (Wildman–Crippen MR) is 103 cm³/mol. The lowest BCUT2D eigenvalue weighted by Crippen LogP contribution is -2.32. The highest BCUT2D eigenvalue weighted by atomic mass is 35.5. The summed E-state index contributed by atoms with van der Waals surface area (Å²) in [5, 5.41) is 10.1. The zero-order valence-electron chi connectivity index (χ0n) is 15.0. The van der Waals surface area contributed by atoms with Gasteiger partial charge in [0.25, 0.3) is 0 Å². The Labute approximate surface area is 162 Å². The minimum Gasteiger partial charge on any atom is -0.492 e. The zero-order chi connectivity index (χ0) is 18.5. The molecule has 140 valence electrons. The highest BCUT2D eigenvalue weighted by Crippen LogP contribution is 2.39. The van der Waals surface area contributed by atoms with E-state index in [-0.39, 0.29) is 5.91 Å². The highest BCUT2D eigenvalue weighted by molar-refractivity contribution is 7.99. The molecule has 0 bridgehead atoms. The van der Waals surface area contributed by atoms with Crippen LogP contribution in [0.2, 0.25) is 5.02 Å². The van der Waals surface area contributed by atoms with Crippen LogP contribution in [0.3, 0.4) is 0 Å². The number of hydrogen-bond acceptors (Lipinski definition) is 5. The van der Waals surface area contributed by atoms with Gasteiger partial charge in [-0.3, -0.25) is 4.79 Å². The Morgan fingerprint density at radius 1 is 1.35 bits per heavy atom. The maximum atomic E-state index is 12.3. The van der Waals surface area contributed by atoms with E-state index in [0.717, 1.165) is 23.3 Å². The average molecular weight is 395 g/mol. The van der Waals surface area contributed by atoms with Crippen molar-refractivity contribution < 1.29 is 9.53 Å². The Morgan fingerprint density at radius 2 is 2.08 bits per heavy atom. The maximum absolute atomic E-state index is 12.3. The Hall–Kier alpha value is -1.73. The normalized spacial score (nSPS) is 13.7. The van der Waals surface area contributed by atoms with E-state index < -0.39 is 0 Å². The summed E-state index contributed by atoms with van der Waals surface area (Å²) >= 11 is 7.29. The van der Waals surface area contributed by atoms with Crippen LogP contribution < -0.4 is 4.74 Å². The number of carbonyl (C=O) groups is 1. The van der Waals surface area contributed by atoms with Gasteiger partial charge in [0.05, 0.1) is 12.3 Å². The molecular formula is C18H23ClN4O2S. The summed E-state index contributed by atoms with van der Waals surface area (Å²) in [6.45, 7) is 3.88. The molecule has 0 radical (unpaired) electrons. The number of rotatable bonds is 9. The number of likely N-dealkylation sites (N-methyl/N-ethyl adjacent to an activating group) is 1. The second-order valence-electron chi connectivity index (χ2n) is 6.27. The molecule has 1 aromatic carbocycles. The molecule has 0 saturated heterocycles. The molecule has 1 aliphatic carbocycles. The lowest BCUT2D eigenvalue weighted by atomic mass is 10.3. The van der Waals surface area contributed by atoms with Crippen molar-refractivity contribution in [2.45, 2.75) is 37.4 Å². The lowest BCUT2D eigenvalue weighted by Gasteiger charge is -2.17. The van der Waals surface area contributed by atoms with Crippen molar-refractivity contribution in [3.8, 4) is 5.75 Å². The van der Waals surface area contributed by atoms with Crippen LogP contribution >= 0.6 is 23.4 Å². The van der Waals surface area contributed by atoms with E-state index in [4.69, 9.17) is 16.3 Å². The van der Waals surface area contributed by atoms with Crippen LogP contribution in [-0.4, -0.2) is 51.5 Å². The molecule has 1 fully saturated rings. The average Bonchev–Trinajstić information content (AvgIpc) is 3.41. The molecule has 2 aromatic rings. The summed E-state index contributed by atoms with van der Waals surface area (Å²) in [6.07, 6.45) is 2.39. The fraction of sp³-hybridized carbons (Fsp3) is 0.500. The van der Waals surface area contributed by atoms with Gasteiger partial charge in [0.2, 0.25) is 5.91 Å². The smallest absolute Gasteiger partial charge is 0.232 e. The van der Waals surface area contributed by atoms with Crippen LogP contribution in [0.4, 0.5) is 0 Å². The van der Waals surface area contributed by atoms with Gasteiger partial charge in [0.1, 0.15) is 18.2 Å². The van der Waals surface area contributed by atoms with Crippen LogP contribution in [-0.2, 0) is 11.3 Å². The van der Waals surface area contributed by atoms with Gasteiger partial charge in [0.15, 0.2) is 5.16 Å². The standard InChI is InChI=1S/C18H23ClN4O2S/c1-3-23-17(13-4-5-13)20-21-18(23)26-12-16(24)22(2)10-11-25-15-8-6-14(19)7-9-15/h6-9,13H,3-5,10-12H2,1-2H3. The molecule has 0 aliphatic heterocycles. The number of benzene rings is 1. The van der Waals surface area contributed by atoms with Gasteiger partial charge in [-0.15, -0.1) is 10.2 Å². The topological polar surface area (TPSA) is 60.2 Å². The molecule has 3 rings (SSSR count). The van der Waals surface area contributed by atoms with Crippen molar-refractivity contribution in [3.05, 3.63) is 35.1 Å². The van der Waals surface area contributed by atoms with E-state index in [1.807, 2.05) is 12.1 Å². The summed E-state index contributed by atoms with van der Waals surface area (Å²) in [5.41, 5.74) is 0. The number of hydrogen-bond donors (Lipinski definition) is 0. The summed E-state index contributed by atoms with van der Waals surface area (Å²) in [5.74, 6) is 2.76. The van der Waals surface area contributed by atoms with Crippen LogP contribution in [0.25, 0.3) is 0 Å². The summed E-state index contributed by atoms with van der Waals surface area (Å²) in [6, 6.07) is 7.19. The molecule has 8 heteroatoms. The molecule has 1 amide bonds. The number of amides is 1. The van der Waals surface area contributed by atoms with Crippen LogP contribution in [0.1, 0.15) is 31.5 Å². The third kappa shape index (κ3) is 4.92. The van der Waals surface area contributed by atoms with Crippen molar-refractivity contribution >= 4 is 29.3 Å². The van der Waals surface area contributed by atoms with Crippen molar-refractivity contribution in [1.82, 2.24) is 19.7 Å². The monoisotopic (exact) mass is 394 g/mol. The quantitative estimate of drug-likeness (QED) is 0.609. The van der Waals surface area contributed by atoms with E-state index >= 15 is 0 Å². The maximum Gasteiger partial charge on any atom is 0.232 e. The first-order valence-electron chi connectivity index (χ1n) is 8.76. The van der Waals surface area contributed by atoms with E-state index in [0.29, 0.717) is 29.8 Å². The molecule has 26 heavy (non-hydrogen) atoms. The van der Waals surface area contributed by atoms with E-state index in [9.17, 15) is 4.79 Å². The summed E-state index contributed by atoms with van der Waals surface area (Å²) < 4.78 is 7.76. The molecule has 0 unspecified atom stereocenters. The number of ether oxygens (including phenoxy) is 1. The SMILES string of the molecule is CCn1c(SCC(=O)N(C)CCOc2ccc(Cl)cc2)nnc1C1CC1. The van der Waals surface area contributed by atoms with Gasteiger partial charge < -0.3 is 14.2 Å². The number of nitrogens with zero attached hydrogens (tertiary/aromatic N) is 4. The first kappa shape index (κ1) is 19.0. The van der Waals surface area contributed by atoms with Gasteiger partial charge in [-0.25, -0.2) is 0 Å². The van der Waals surface area contributed by atoms with Crippen LogP contribution in [0, 0.1) is 0 Å². The molecule has 1 aliphatic rings. The third-order valence-corrected chi connectivity index (χ3v) is 5.47. The van der Waals surface area contributed by atoms with Gasteiger partial charge in [-0.1, -0.05) is 23.4 Å². The zero-order valence-corrected chi connectivity index (χ0v) is 16.6. The number of halogens is 1. The molecule has 1 heterocycles. The first-order chi connectivity index (χ1) is 12.6. The third-order valence-electron chi connectivity index (χ3n) is 4.26. The van der Waals surface area contributed by atoms with Crippen molar-refractivity contribution in [2.75, 3.05) is 26.0 Å². The summed E-state index contributed by atoms with van der Waals surface area (Å²) in [4.78, 5) is 14.0. The van der Waals surface area contributed by atoms with E-state index in [1.54, 1.807) is 24.1 Å². The van der Waals surface area contributed by atoms with E-state index in [1.165, 1.54) is 24.6 Å². The first-order valence-corrected chi connectivity index (χ1v) is 10.1. The highest BCUT2D eigenvalue weighted by Gasteiger charge is 2.30. The molecule has 1 aromatic heterocycles. The minimum atomic E-state index is 0.0494. The van der Waals surface area contributed by atoms with Gasteiger partial charge in [-0.2, -0.15) is 0 Å². The number of carbonyl (C=O) groups excluding carboxylic acids is 1. The number of thioether (sulfide) groups is 1. The second-order valence-corrected chi connectivity index (χ2v) is 7.64. The molecule has 1 saturated carbocycles. The van der Waals surface area contributed by atoms with Crippen molar-refractivity contribution in [3.63, 3.8) is 0 Å². The van der Waals surface area contributed by atoms with Gasteiger partial charge >= 0.3 is 0 Å².